The molecule has 8 heteroatoms. The molecule has 1 heterocycles. The van der Waals surface area contributed by atoms with E-state index in [0.29, 0.717) is 4.90 Å². The maximum atomic E-state index is 11.4. The number of alkyl carbamates (subject to hydrolysis) is 1. The lowest BCUT2D eigenvalue weighted by atomic mass is 10.2. The first-order valence-electron chi connectivity index (χ1n) is 5.86. The largest absolute Gasteiger partial charge is 0.480 e. The number of carbonyl (C=O) groups excluding carboxylic acids is 3. The average molecular weight is 284 g/mol. The van der Waals surface area contributed by atoms with Crippen molar-refractivity contribution in [1.82, 2.24) is 10.2 Å². The summed E-state index contributed by atoms with van der Waals surface area (Å²) in [6, 6.07) is -1.47. The molecular weight excluding hydrogens is 268 g/mol. The van der Waals surface area contributed by atoms with Gasteiger partial charge in [-0.25, -0.2) is 9.59 Å². The van der Waals surface area contributed by atoms with Gasteiger partial charge >= 0.3 is 12.1 Å². The molecule has 1 unspecified atom stereocenters. The molecule has 0 saturated carbocycles. The summed E-state index contributed by atoms with van der Waals surface area (Å²) in [7, 11) is 0. The number of amides is 3. The third-order valence-electron chi connectivity index (χ3n) is 2.28. The van der Waals surface area contributed by atoms with Gasteiger partial charge in [-0.2, -0.15) is 0 Å². The fourth-order valence-electron chi connectivity index (χ4n) is 1.50. The fourth-order valence-corrected chi connectivity index (χ4v) is 1.50. The van der Waals surface area contributed by atoms with Crippen molar-refractivity contribution < 1.29 is 29.0 Å². The van der Waals surface area contributed by atoms with Gasteiger partial charge < -0.3 is 15.2 Å². The monoisotopic (exact) mass is 284 g/mol. The molecule has 20 heavy (non-hydrogen) atoms. The van der Waals surface area contributed by atoms with Crippen LogP contribution in [0.2, 0.25) is 0 Å². The summed E-state index contributed by atoms with van der Waals surface area (Å²) in [5, 5.41) is 11.3. The number of nitrogens with one attached hydrogen (secondary N) is 1. The Morgan fingerprint density at radius 1 is 1.30 bits per heavy atom. The molecule has 2 N–H and O–H groups in total. The van der Waals surface area contributed by atoms with Gasteiger partial charge in [0.2, 0.25) is 0 Å². The highest BCUT2D eigenvalue weighted by atomic mass is 16.6. The molecule has 0 fully saturated rings. The van der Waals surface area contributed by atoms with Gasteiger partial charge in [0.05, 0.1) is 6.54 Å². The Labute approximate surface area is 115 Å². The second-order valence-corrected chi connectivity index (χ2v) is 5.12. The Morgan fingerprint density at radius 2 is 1.80 bits per heavy atom. The van der Waals surface area contributed by atoms with Crippen molar-refractivity contribution in [2.45, 2.75) is 32.4 Å². The highest BCUT2D eigenvalue weighted by Gasteiger charge is 2.36. The van der Waals surface area contributed by atoms with E-state index in [1.165, 1.54) is 0 Å². The molecular formula is C12H16N2O6. The first-order chi connectivity index (χ1) is 9.11. The lowest BCUT2D eigenvalue weighted by molar-refractivity contribution is -0.153. The average Bonchev–Trinajstić information content (AvgIpc) is 2.58. The third kappa shape index (κ3) is 4.08. The van der Waals surface area contributed by atoms with Gasteiger partial charge in [0.15, 0.2) is 6.04 Å². The van der Waals surface area contributed by atoms with Crippen molar-refractivity contribution in [2.24, 2.45) is 0 Å². The van der Waals surface area contributed by atoms with Gasteiger partial charge in [0.1, 0.15) is 5.60 Å². The molecule has 0 aliphatic carbocycles. The Hall–Kier alpha value is -2.38. The van der Waals surface area contributed by atoms with Crippen molar-refractivity contribution >= 4 is 23.9 Å². The van der Waals surface area contributed by atoms with Crippen LogP contribution in [0.4, 0.5) is 4.79 Å². The van der Waals surface area contributed by atoms with Gasteiger partial charge in [-0.1, -0.05) is 0 Å². The number of carbonyl (C=O) groups is 4. The zero-order valence-corrected chi connectivity index (χ0v) is 11.4. The van der Waals surface area contributed by atoms with Gasteiger partial charge in [-0.3, -0.25) is 14.5 Å². The minimum absolute atomic E-state index is 0.427. The van der Waals surface area contributed by atoms with Gasteiger partial charge in [0.25, 0.3) is 11.8 Å². The Kier molecular flexibility index (Phi) is 4.49. The van der Waals surface area contributed by atoms with E-state index in [1.54, 1.807) is 20.8 Å². The number of imide groups is 1. The SMILES string of the molecule is CC(C)(C)OC(=O)NCC(C(=O)O)N1C(=O)C=CC1=O. The molecule has 0 spiro atoms. The molecule has 0 aromatic carbocycles. The number of rotatable bonds is 4. The minimum Gasteiger partial charge on any atom is -0.480 e. The van der Waals surface area contributed by atoms with Crippen LogP contribution in [-0.4, -0.2) is 52.1 Å². The molecule has 0 aromatic heterocycles. The predicted octanol–water partition coefficient (Wildman–Crippen LogP) is -0.111. The quantitative estimate of drug-likeness (QED) is 0.696. The number of aliphatic carboxylic acids is 1. The highest BCUT2D eigenvalue weighted by molar-refractivity contribution is 6.14. The second kappa shape index (κ2) is 5.72. The lowest BCUT2D eigenvalue weighted by Crippen LogP contribution is -2.51. The number of nitrogens with zero attached hydrogens (tertiary/aromatic N) is 1. The zero-order valence-electron chi connectivity index (χ0n) is 11.4. The standard InChI is InChI=1S/C12H16N2O6/c1-12(2,3)20-11(19)13-6-7(10(17)18)14-8(15)4-5-9(14)16/h4-5,7H,6H2,1-3H3,(H,13,19)(H,17,18). The van der Waals surface area contributed by atoms with Gasteiger partial charge in [-0.05, 0) is 20.8 Å². The summed E-state index contributed by atoms with van der Waals surface area (Å²) in [5.41, 5.74) is -0.732. The van der Waals surface area contributed by atoms with Crippen molar-refractivity contribution in [3.05, 3.63) is 12.2 Å². The van der Waals surface area contributed by atoms with Crippen LogP contribution >= 0.6 is 0 Å². The molecule has 1 atom stereocenters. The number of hydrogen-bond donors (Lipinski definition) is 2. The van der Waals surface area contributed by atoms with E-state index in [-0.39, 0.29) is 0 Å². The molecule has 1 aliphatic heterocycles. The fraction of sp³-hybridized carbons (Fsp3) is 0.500. The molecule has 0 saturated heterocycles. The summed E-state index contributed by atoms with van der Waals surface area (Å²) in [6.07, 6.45) is 1.13. The van der Waals surface area contributed by atoms with Crippen LogP contribution in [0.1, 0.15) is 20.8 Å². The van der Waals surface area contributed by atoms with Crippen LogP contribution in [0.3, 0.4) is 0 Å². The van der Waals surface area contributed by atoms with E-state index in [0.717, 1.165) is 12.2 Å². The van der Waals surface area contributed by atoms with Crippen molar-refractivity contribution in [3.63, 3.8) is 0 Å². The van der Waals surface area contributed by atoms with Crippen molar-refractivity contribution in [2.75, 3.05) is 6.54 Å². The van der Waals surface area contributed by atoms with E-state index in [4.69, 9.17) is 9.84 Å². The molecule has 8 nitrogen and oxygen atoms in total. The molecule has 1 rings (SSSR count). The summed E-state index contributed by atoms with van der Waals surface area (Å²) in [5.74, 6) is -2.85. The van der Waals surface area contributed by atoms with Crippen molar-refractivity contribution in [3.8, 4) is 0 Å². The summed E-state index contributed by atoms with van der Waals surface area (Å²) in [6.45, 7) is 4.53. The molecule has 0 radical (unpaired) electrons. The number of carboxylic acids is 1. The Balaban J connectivity index is 2.66. The minimum atomic E-state index is -1.47. The molecule has 0 bridgehead atoms. The predicted molar refractivity (Wildman–Crippen MR) is 66.7 cm³/mol. The van der Waals surface area contributed by atoms with Crippen LogP contribution in [0.25, 0.3) is 0 Å². The normalized spacial score (nSPS) is 16.2. The highest BCUT2D eigenvalue weighted by Crippen LogP contribution is 2.10. The number of carboxylic acid groups (broad SMARTS) is 1. The third-order valence-corrected chi connectivity index (χ3v) is 2.28. The molecule has 1 aliphatic rings. The van der Waals surface area contributed by atoms with E-state index in [1.807, 2.05) is 0 Å². The summed E-state index contributed by atoms with van der Waals surface area (Å²) < 4.78 is 4.94. The van der Waals surface area contributed by atoms with E-state index in [2.05, 4.69) is 5.32 Å². The maximum Gasteiger partial charge on any atom is 0.407 e. The van der Waals surface area contributed by atoms with Crippen LogP contribution in [0, 0.1) is 0 Å². The van der Waals surface area contributed by atoms with E-state index >= 15 is 0 Å². The summed E-state index contributed by atoms with van der Waals surface area (Å²) >= 11 is 0. The van der Waals surface area contributed by atoms with E-state index in [9.17, 15) is 19.2 Å². The van der Waals surface area contributed by atoms with Crippen LogP contribution < -0.4 is 5.32 Å². The Bertz CT molecular complexity index is 459. The van der Waals surface area contributed by atoms with Crippen molar-refractivity contribution in [1.29, 1.82) is 0 Å². The first kappa shape index (κ1) is 15.7. The zero-order chi connectivity index (χ0) is 15.5. The molecule has 3 amide bonds. The summed E-state index contributed by atoms with van der Waals surface area (Å²) in [4.78, 5) is 45.9. The number of hydrogen-bond acceptors (Lipinski definition) is 5. The van der Waals surface area contributed by atoms with Crippen LogP contribution in [-0.2, 0) is 19.1 Å². The first-order valence-corrected chi connectivity index (χ1v) is 5.86. The van der Waals surface area contributed by atoms with Gasteiger partial charge in [0, 0.05) is 12.2 Å². The molecule has 0 aromatic rings. The topological polar surface area (TPSA) is 113 Å². The smallest absolute Gasteiger partial charge is 0.407 e. The second-order valence-electron chi connectivity index (χ2n) is 5.12. The van der Waals surface area contributed by atoms with E-state index < -0.39 is 42.1 Å². The van der Waals surface area contributed by atoms with Gasteiger partial charge in [-0.15, -0.1) is 0 Å². The lowest BCUT2D eigenvalue weighted by Gasteiger charge is -2.24. The molecule has 110 valence electrons. The maximum absolute atomic E-state index is 11.4. The number of ether oxygens (including phenoxy) is 1. The van der Waals surface area contributed by atoms with Crippen LogP contribution in [0.5, 0.6) is 0 Å². The van der Waals surface area contributed by atoms with Crippen LogP contribution in [0.15, 0.2) is 12.2 Å². The Morgan fingerprint density at radius 3 is 2.20 bits per heavy atom.